The lowest BCUT2D eigenvalue weighted by Crippen LogP contribution is -2.39. The molecule has 1 amide bonds. The number of carbonyl (C=O) groups excluding carboxylic acids is 1. The van der Waals surface area contributed by atoms with Crippen LogP contribution in [0.5, 0.6) is 0 Å². The Kier molecular flexibility index (Phi) is 4.88. The molecular weight excluding hydrogens is 390 g/mol. The average molecular weight is 410 g/mol. The first-order valence-electron chi connectivity index (χ1n) is 9.36. The lowest BCUT2D eigenvalue weighted by molar-refractivity contribution is -0.137. The third kappa shape index (κ3) is 3.29. The number of carboxylic acid groups (broad SMARTS) is 1. The first kappa shape index (κ1) is 19.2. The molecule has 1 aliphatic heterocycles. The van der Waals surface area contributed by atoms with E-state index in [0.717, 1.165) is 16.8 Å². The van der Waals surface area contributed by atoms with Crippen LogP contribution in [-0.4, -0.2) is 26.5 Å². The van der Waals surface area contributed by atoms with Gasteiger partial charge in [0.15, 0.2) is 5.82 Å². The van der Waals surface area contributed by atoms with Crippen LogP contribution in [-0.2, 0) is 28.0 Å². The molecule has 3 aromatic rings. The van der Waals surface area contributed by atoms with Crippen molar-refractivity contribution in [3.63, 3.8) is 0 Å². The molecule has 1 aliphatic rings. The molecular formula is C22H20ClN3O3. The van der Waals surface area contributed by atoms with E-state index in [2.05, 4.69) is 4.98 Å². The van der Waals surface area contributed by atoms with Crippen LogP contribution in [0.2, 0.25) is 5.02 Å². The summed E-state index contributed by atoms with van der Waals surface area (Å²) in [5.41, 5.74) is 2.04. The second kappa shape index (κ2) is 7.37. The van der Waals surface area contributed by atoms with Gasteiger partial charge in [-0.05, 0) is 42.2 Å². The number of carbonyl (C=O) groups is 2. The number of aromatic nitrogens is 2. The number of nitrogens with zero attached hydrogens (tertiary/aromatic N) is 3. The number of halogens is 1. The van der Waals surface area contributed by atoms with Gasteiger partial charge in [-0.15, -0.1) is 0 Å². The van der Waals surface area contributed by atoms with Crippen molar-refractivity contribution in [2.75, 3.05) is 4.90 Å². The van der Waals surface area contributed by atoms with E-state index < -0.39 is 11.4 Å². The molecule has 0 fully saturated rings. The molecule has 148 valence electrons. The van der Waals surface area contributed by atoms with Gasteiger partial charge in [-0.2, -0.15) is 0 Å². The molecule has 1 N–H and O–H groups in total. The molecule has 1 aromatic heterocycles. The fraction of sp³-hybridized carbons (Fsp3) is 0.227. The lowest BCUT2D eigenvalue weighted by atomic mass is 9.74. The maximum atomic E-state index is 13.8. The minimum atomic E-state index is -0.965. The van der Waals surface area contributed by atoms with Gasteiger partial charge in [0.1, 0.15) is 6.54 Å². The number of imidazole rings is 1. The normalized spacial score (nSPS) is 18.1. The molecule has 4 rings (SSSR count). The number of anilines is 2. The lowest BCUT2D eigenvalue weighted by Gasteiger charge is -2.27. The highest BCUT2D eigenvalue weighted by Crippen LogP contribution is 2.48. The SMILES string of the molecule is CCC1(Cc2ccc(Cl)cc2)C(=O)N(c2cn(CC(=O)O)cn2)c2ccccc21. The maximum absolute atomic E-state index is 13.8. The van der Waals surface area contributed by atoms with Crippen LogP contribution in [0, 0.1) is 0 Å². The Morgan fingerprint density at radius 2 is 1.90 bits per heavy atom. The molecule has 29 heavy (non-hydrogen) atoms. The molecule has 0 aliphatic carbocycles. The minimum absolute atomic E-state index is 0.0586. The smallest absolute Gasteiger partial charge is 0.323 e. The molecule has 0 saturated heterocycles. The largest absolute Gasteiger partial charge is 0.480 e. The first-order valence-corrected chi connectivity index (χ1v) is 9.74. The van der Waals surface area contributed by atoms with Crippen LogP contribution in [0.4, 0.5) is 11.5 Å². The Bertz CT molecular complexity index is 1080. The summed E-state index contributed by atoms with van der Waals surface area (Å²) in [6.07, 6.45) is 4.20. The second-order valence-electron chi connectivity index (χ2n) is 7.19. The van der Waals surface area contributed by atoms with Crippen molar-refractivity contribution in [2.45, 2.75) is 31.7 Å². The number of amides is 1. The predicted octanol–water partition coefficient (Wildman–Crippen LogP) is 4.19. The molecule has 2 aromatic carbocycles. The minimum Gasteiger partial charge on any atom is -0.480 e. The zero-order valence-corrected chi connectivity index (χ0v) is 16.6. The highest BCUT2D eigenvalue weighted by molar-refractivity contribution is 6.30. The van der Waals surface area contributed by atoms with Crippen LogP contribution in [0.3, 0.4) is 0 Å². The summed E-state index contributed by atoms with van der Waals surface area (Å²) in [6, 6.07) is 15.3. The Balaban J connectivity index is 1.78. The van der Waals surface area contributed by atoms with Crippen molar-refractivity contribution >= 4 is 35.0 Å². The number of hydrogen-bond acceptors (Lipinski definition) is 3. The van der Waals surface area contributed by atoms with Crippen LogP contribution >= 0.6 is 11.6 Å². The zero-order chi connectivity index (χ0) is 20.6. The molecule has 2 heterocycles. The summed E-state index contributed by atoms with van der Waals surface area (Å²) >= 11 is 6.02. The summed E-state index contributed by atoms with van der Waals surface area (Å²) in [6.45, 7) is 1.80. The number of aliphatic carboxylic acids is 1. The molecule has 7 heteroatoms. The summed E-state index contributed by atoms with van der Waals surface area (Å²) in [7, 11) is 0. The number of rotatable bonds is 6. The third-order valence-electron chi connectivity index (χ3n) is 5.46. The van der Waals surface area contributed by atoms with E-state index in [1.165, 1.54) is 10.9 Å². The molecule has 0 bridgehead atoms. The van der Waals surface area contributed by atoms with Crippen molar-refractivity contribution in [3.8, 4) is 0 Å². The van der Waals surface area contributed by atoms with Gasteiger partial charge in [-0.25, -0.2) is 4.98 Å². The van der Waals surface area contributed by atoms with Crippen LogP contribution in [0.25, 0.3) is 0 Å². The van der Waals surface area contributed by atoms with E-state index in [9.17, 15) is 9.59 Å². The van der Waals surface area contributed by atoms with Gasteiger partial charge in [0.25, 0.3) is 0 Å². The fourth-order valence-corrected chi connectivity index (χ4v) is 4.16. The molecule has 0 saturated carbocycles. The summed E-state index contributed by atoms with van der Waals surface area (Å²) in [5, 5.41) is 9.67. The van der Waals surface area contributed by atoms with E-state index >= 15 is 0 Å². The predicted molar refractivity (Wildman–Crippen MR) is 111 cm³/mol. The van der Waals surface area contributed by atoms with Crippen molar-refractivity contribution in [1.29, 1.82) is 0 Å². The average Bonchev–Trinajstić information content (AvgIpc) is 3.24. The monoisotopic (exact) mass is 409 g/mol. The maximum Gasteiger partial charge on any atom is 0.323 e. The van der Waals surface area contributed by atoms with E-state index in [1.807, 2.05) is 55.5 Å². The molecule has 1 unspecified atom stereocenters. The van der Waals surface area contributed by atoms with Crippen molar-refractivity contribution in [3.05, 3.63) is 77.2 Å². The van der Waals surface area contributed by atoms with Gasteiger partial charge < -0.3 is 9.67 Å². The van der Waals surface area contributed by atoms with E-state index in [0.29, 0.717) is 23.7 Å². The first-order chi connectivity index (χ1) is 13.9. The topological polar surface area (TPSA) is 75.4 Å². The Labute approximate surface area is 173 Å². The highest BCUT2D eigenvalue weighted by Gasteiger charge is 2.50. The zero-order valence-electron chi connectivity index (χ0n) is 15.9. The number of hydrogen-bond donors (Lipinski definition) is 1. The molecule has 6 nitrogen and oxygen atoms in total. The number of carboxylic acids is 1. The Hall–Kier alpha value is -3.12. The summed E-state index contributed by atoms with van der Waals surface area (Å²) in [4.78, 5) is 30.7. The van der Waals surface area contributed by atoms with Crippen molar-refractivity contribution < 1.29 is 14.7 Å². The van der Waals surface area contributed by atoms with Crippen molar-refractivity contribution in [2.24, 2.45) is 0 Å². The van der Waals surface area contributed by atoms with Crippen LogP contribution in [0.15, 0.2) is 61.1 Å². The number of fused-ring (bicyclic) bond motifs is 1. The molecule has 0 radical (unpaired) electrons. The van der Waals surface area contributed by atoms with E-state index in [1.54, 1.807) is 11.1 Å². The van der Waals surface area contributed by atoms with Gasteiger partial charge in [-0.3, -0.25) is 14.5 Å². The van der Waals surface area contributed by atoms with E-state index in [4.69, 9.17) is 16.7 Å². The summed E-state index contributed by atoms with van der Waals surface area (Å²) in [5.74, 6) is -0.598. The van der Waals surface area contributed by atoms with Crippen LogP contribution < -0.4 is 4.90 Å². The van der Waals surface area contributed by atoms with Gasteiger partial charge in [0.2, 0.25) is 5.91 Å². The van der Waals surface area contributed by atoms with Crippen LogP contribution in [0.1, 0.15) is 24.5 Å². The second-order valence-corrected chi connectivity index (χ2v) is 7.63. The van der Waals surface area contributed by atoms with Gasteiger partial charge in [0.05, 0.1) is 17.4 Å². The fourth-order valence-electron chi connectivity index (χ4n) is 4.03. The van der Waals surface area contributed by atoms with Gasteiger partial charge in [0, 0.05) is 11.2 Å². The van der Waals surface area contributed by atoms with Gasteiger partial charge >= 0.3 is 5.97 Å². The quantitative estimate of drug-likeness (QED) is 0.662. The Morgan fingerprint density at radius 3 is 2.59 bits per heavy atom. The Morgan fingerprint density at radius 1 is 1.17 bits per heavy atom. The van der Waals surface area contributed by atoms with E-state index in [-0.39, 0.29) is 12.5 Å². The summed E-state index contributed by atoms with van der Waals surface area (Å²) < 4.78 is 1.46. The number of benzene rings is 2. The molecule has 1 atom stereocenters. The third-order valence-corrected chi connectivity index (χ3v) is 5.71. The standard InChI is InChI=1S/C22H20ClN3O3/c1-2-22(11-15-7-9-16(23)10-8-15)17-5-3-4-6-18(17)26(21(22)29)19-12-25(14-24-19)13-20(27)28/h3-10,12,14H,2,11,13H2,1H3,(H,27,28). The van der Waals surface area contributed by atoms with Crippen molar-refractivity contribution in [1.82, 2.24) is 9.55 Å². The van der Waals surface area contributed by atoms with Gasteiger partial charge in [-0.1, -0.05) is 48.9 Å². The number of para-hydroxylation sites is 1. The molecule has 0 spiro atoms. The highest BCUT2D eigenvalue weighted by atomic mass is 35.5.